The molecule has 2 aromatic carbocycles. The largest absolute Gasteiger partial charge is 0.504 e. The molecule has 0 saturated carbocycles. The van der Waals surface area contributed by atoms with Crippen LogP contribution in [0.15, 0.2) is 47.4 Å². The molecule has 0 aliphatic heterocycles. The number of pyridine rings is 1. The lowest BCUT2D eigenvalue weighted by molar-refractivity contribution is 0.324. The molecular formula is C22H21N3O6. The number of benzene rings is 2. The molecule has 9 heteroatoms. The second-order valence-electron chi connectivity index (χ2n) is 6.62. The average molecular weight is 423 g/mol. The lowest BCUT2D eigenvalue weighted by Gasteiger charge is -2.14. The third-order valence-electron chi connectivity index (χ3n) is 4.95. The number of hydrogen-bond acceptors (Lipinski definition) is 7. The first-order valence-corrected chi connectivity index (χ1v) is 9.29. The Morgan fingerprint density at radius 1 is 0.903 bits per heavy atom. The number of nitrogens with one attached hydrogen (secondary N) is 1. The number of nitrogens with zero attached hydrogens (tertiary/aromatic N) is 2. The predicted octanol–water partition coefficient (Wildman–Crippen LogP) is 3.12. The standard InChI is InChI=1S/C22H21N3O6/c1-28-18-6-5-12(7-17(18)26)14-10-16-15(11-23-14)24-22(27)25(16)13-8-19(29-2)21(31-4)20(9-13)30-3/h5-11,26H,1-4H3,(H,24,27). The summed E-state index contributed by atoms with van der Waals surface area (Å²) in [6.45, 7) is 0. The monoisotopic (exact) mass is 423 g/mol. The summed E-state index contributed by atoms with van der Waals surface area (Å²) >= 11 is 0. The minimum atomic E-state index is -0.346. The van der Waals surface area contributed by atoms with E-state index >= 15 is 0 Å². The van der Waals surface area contributed by atoms with Gasteiger partial charge < -0.3 is 29.0 Å². The van der Waals surface area contributed by atoms with E-state index in [2.05, 4.69) is 9.97 Å². The van der Waals surface area contributed by atoms with Gasteiger partial charge in [-0.3, -0.25) is 9.55 Å². The van der Waals surface area contributed by atoms with Gasteiger partial charge in [-0.1, -0.05) is 0 Å². The summed E-state index contributed by atoms with van der Waals surface area (Å²) in [6.07, 6.45) is 1.57. The quantitative estimate of drug-likeness (QED) is 0.491. The van der Waals surface area contributed by atoms with E-state index in [0.29, 0.717) is 51.0 Å². The van der Waals surface area contributed by atoms with Crippen LogP contribution in [0.2, 0.25) is 0 Å². The highest BCUT2D eigenvalue weighted by Gasteiger charge is 2.18. The maximum atomic E-state index is 12.8. The first kappa shape index (κ1) is 20.1. The SMILES string of the molecule is COc1ccc(-c2cc3c(cn2)[nH]c(=O)n3-c2cc(OC)c(OC)c(OC)c2)cc1O. The summed E-state index contributed by atoms with van der Waals surface area (Å²) < 4.78 is 22.8. The van der Waals surface area contributed by atoms with Gasteiger partial charge >= 0.3 is 5.69 Å². The number of rotatable bonds is 6. The van der Waals surface area contributed by atoms with E-state index < -0.39 is 0 Å². The third-order valence-corrected chi connectivity index (χ3v) is 4.95. The predicted molar refractivity (Wildman–Crippen MR) is 115 cm³/mol. The zero-order valence-corrected chi connectivity index (χ0v) is 17.4. The van der Waals surface area contributed by atoms with Crippen LogP contribution >= 0.6 is 0 Å². The first-order chi connectivity index (χ1) is 15.0. The van der Waals surface area contributed by atoms with Crippen molar-refractivity contribution in [3.8, 4) is 45.7 Å². The van der Waals surface area contributed by atoms with Crippen molar-refractivity contribution >= 4 is 11.0 Å². The molecule has 0 radical (unpaired) electrons. The fourth-order valence-electron chi connectivity index (χ4n) is 3.47. The molecule has 160 valence electrons. The molecule has 2 N–H and O–H groups in total. The van der Waals surface area contributed by atoms with Gasteiger partial charge in [0.25, 0.3) is 0 Å². The highest BCUT2D eigenvalue weighted by atomic mass is 16.5. The maximum absolute atomic E-state index is 12.8. The number of methoxy groups -OCH3 is 4. The van der Waals surface area contributed by atoms with Crippen molar-refractivity contribution in [2.24, 2.45) is 0 Å². The fourth-order valence-corrected chi connectivity index (χ4v) is 3.47. The van der Waals surface area contributed by atoms with Gasteiger partial charge in [0, 0.05) is 17.7 Å². The van der Waals surface area contributed by atoms with E-state index in [4.69, 9.17) is 18.9 Å². The van der Waals surface area contributed by atoms with E-state index in [1.807, 2.05) is 0 Å². The first-order valence-electron chi connectivity index (χ1n) is 9.29. The molecule has 0 aliphatic carbocycles. The van der Waals surface area contributed by atoms with E-state index in [-0.39, 0.29) is 11.4 Å². The molecule has 31 heavy (non-hydrogen) atoms. The summed E-state index contributed by atoms with van der Waals surface area (Å²) in [5.41, 5.74) is 2.58. The zero-order valence-electron chi connectivity index (χ0n) is 17.4. The number of imidazole rings is 1. The highest BCUT2D eigenvalue weighted by molar-refractivity contribution is 5.82. The summed E-state index contributed by atoms with van der Waals surface area (Å²) in [4.78, 5) is 20.0. The van der Waals surface area contributed by atoms with Gasteiger partial charge in [-0.25, -0.2) is 4.79 Å². The number of ether oxygens (including phenoxy) is 4. The molecule has 4 rings (SSSR count). The van der Waals surface area contributed by atoms with Gasteiger partial charge in [-0.15, -0.1) is 0 Å². The molecule has 4 aromatic rings. The van der Waals surface area contributed by atoms with Crippen LogP contribution in [-0.2, 0) is 0 Å². The molecule has 0 unspecified atom stereocenters. The number of aromatic amines is 1. The highest BCUT2D eigenvalue weighted by Crippen LogP contribution is 2.39. The van der Waals surface area contributed by atoms with Crippen molar-refractivity contribution in [3.05, 3.63) is 53.1 Å². The Balaban J connectivity index is 1.92. The topological polar surface area (TPSA) is 108 Å². The van der Waals surface area contributed by atoms with E-state index in [0.717, 1.165) is 0 Å². The molecule has 2 heterocycles. The van der Waals surface area contributed by atoms with Crippen molar-refractivity contribution < 1.29 is 24.1 Å². The van der Waals surface area contributed by atoms with Crippen LogP contribution in [0.25, 0.3) is 28.0 Å². The number of phenols is 1. The molecule has 0 atom stereocenters. The molecule has 0 saturated heterocycles. The molecule has 2 aromatic heterocycles. The number of H-pyrrole nitrogens is 1. The second kappa shape index (κ2) is 7.94. The Morgan fingerprint density at radius 3 is 2.16 bits per heavy atom. The van der Waals surface area contributed by atoms with Crippen molar-refractivity contribution in [1.82, 2.24) is 14.5 Å². The van der Waals surface area contributed by atoms with Crippen LogP contribution in [0.3, 0.4) is 0 Å². The van der Waals surface area contributed by atoms with Gasteiger partial charge in [-0.2, -0.15) is 0 Å². The normalized spacial score (nSPS) is 10.8. The Labute approximate surface area is 177 Å². The van der Waals surface area contributed by atoms with E-state index in [9.17, 15) is 9.90 Å². The molecule has 0 amide bonds. The van der Waals surface area contributed by atoms with Gasteiger partial charge in [0.15, 0.2) is 23.0 Å². The van der Waals surface area contributed by atoms with Crippen LogP contribution in [0, 0.1) is 0 Å². The Hall–Kier alpha value is -4.14. The average Bonchev–Trinajstić information content (AvgIpc) is 3.12. The number of aromatic hydroxyl groups is 1. The van der Waals surface area contributed by atoms with E-state index in [1.165, 1.54) is 33.0 Å². The zero-order chi connectivity index (χ0) is 22.1. The van der Waals surface area contributed by atoms with Gasteiger partial charge in [0.1, 0.15) is 0 Å². The summed E-state index contributed by atoms with van der Waals surface area (Å²) in [5, 5.41) is 10.1. The maximum Gasteiger partial charge on any atom is 0.331 e. The molecule has 0 bridgehead atoms. The van der Waals surface area contributed by atoms with Crippen molar-refractivity contribution in [2.45, 2.75) is 0 Å². The minimum absolute atomic E-state index is 0.00187. The van der Waals surface area contributed by atoms with Gasteiger partial charge in [-0.05, 0) is 24.3 Å². The van der Waals surface area contributed by atoms with Gasteiger partial charge in [0.05, 0.1) is 57.1 Å². The third kappa shape index (κ3) is 3.39. The molecular weight excluding hydrogens is 402 g/mol. The number of hydrogen-bond donors (Lipinski definition) is 2. The molecule has 0 aliphatic rings. The molecule has 0 fully saturated rings. The summed E-state index contributed by atoms with van der Waals surface area (Å²) in [6, 6.07) is 10.1. The second-order valence-corrected chi connectivity index (χ2v) is 6.62. The van der Waals surface area contributed by atoms with Crippen molar-refractivity contribution in [3.63, 3.8) is 0 Å². The Morgan fingerprint density at radius 2 is 1.58 bits per heavy atom. The van der Waals surface area contributed by atoms with Crippen LogP contribution in [0.1, 0.15) is 0 Å². The Bertz CT molecular complexity index is 1300. The van der Waals surface area contributed by atoms with Crippen molar-refractivity contribution in [1.29, 1.82) is 0 Å². The summed E-state index contributed by atoms with van der Waals surface area (Å²) in [5.74, 6) is 1.64. The molecule has 0 spiro atoms. The summed E-state index contributed by atoms with van der Waals surface area (Å²) in [7, 11) is 6.02. The number of fused-ring (bicyclic) bond motifs is 1. The van der Waals surface area contributed by atoms with Crippen LogP contribution in [0.4, 0.5) is 0 Å². The minimum Gasteiger partial charge on any atom is -0.504 e. The lowest BCUT2D eigenvalue weighted by atomic mass is 10.1. The Kier molecular flexibility index (Phi) is 5.16. The van der Waals surface area contributed by atoms with Gasteiger partial charge in [0.2, 0.25) is 5.75 Å². The smallest absolute Gasteiger partial charge is 0.331 e. The molecule has 9 nitrogen and oxygen atoms in total. The van der Waals surface area contributed by atoms with Crippen LogP contribution in [-0.4, -0.2) is 48.1 Å². The fraction of sp³-hybridized carbons (Fsp3) is 0.182. The van der Waals surface area contributed by atoms with Crippen LogP contribution in [0.5, 0.6) is 28.7 Å². The van der Waals surface area contributed by atoms with Crippen molar-refractivity contribution in [2.75, 3.05) is 28.4 Å². The van der Waals surface area contributed by atoms with E-state index in [1.54, 1.807) is 42.6 Å². The van der Waals surface area contributed by atoms with Crippen LogP contribution < -0.4 is 24.6 Å². The lowest BCUT2D eigenvalue weighted by Crippen LogP contribution is -2.15. The number of phenolic OH excluding ortho intramolecular Hbond substituents is 1. The number of aromatic nitrogens is 3.